The third-order valence-corrected chi connectivity index (χ3v) is 9.30. The average molecular weight is 580 g/mol. The zero-order valence-corrected chi connectivity index (χ0v) is 23.6. The fraction of sp³-hybridized carbons (Fsp3) is 0.567. The number of Topliss-reactive ketones (excluding diaryl/α,β-unsaturated/α-hetero) is 1. The summed E-state index contributed by atoms with van der Waals surface area (Å²) >= 11 is 0. The molecule has 6 rings (SSSR count). The molecule has 6 atom stereocenters. The maximum Gasteiger partial charge on any atom is 0.289 e. The molecule has 1 unspecified atom stereocenters. The number of ketones is 1. The largest absolute Gasteiger partial charge is 0.496 e. The third-order valence-electron chi connectivity index (χ3n) is 9.30. The van der Waals surface area contributed by atoms with Crippen LogP contribution in [0.3, 0.4) is 0 Å². The van der Waals surface area contributed by atoms with Gasteiger partial charge in [0, 0.05) is 36.5 Å². The van der Waals surface area contributed by atoms with Gasteiger partial charge in [0.1, 0.15) is 17.5 Å². The molecule has 42 heavy (non-hydrogen) atoms. The summed E-state index contributed by atoms with van der Waals surface area (Å²) in [5.41, 5.74) is 1.10. The number of fused-ring (bicyclic) bond motifs is 2. The molecule has 12 nitrogen and oxygen atoms in total. The molecular weight excluding hydrogens is 542 g/mol. The van der Waals surface area contributed by atoms with E-state index in [1.807, 2.05) is 18.2 Å². The summed E-state index contributed by atoms with van der Waals surface area (Å²) in [6.45, 7) is 1.73. The van der Waals surface area contributed by atoms with E-state index >= 15 is 0 Å². The summed E-state index contributed by atoms with van der Waals surface area (Å²) in [4.78, 5) is 71.4. The van der Waals surface area contributed by atoms with E-state index in [1.54, 1.807) is 18.1 Å². The van der Waals surface area contributed by atoms with Gasteiger partial charge in [0.15, 0.2) is 0 Å². The van der Waals surface area contributed by atoms with Gasteiger partial charge in [-0.25, -0.2) is 0 Å². The standard InChI is InChI=1S/C30H37N5O7/c1-41-24-7-3-6-21-20(24)13-23(33-21)30(40)35-14-17-4-2-5-19(17)25(35)28(38)34-22(12-16-8-10-31-27(16)37)26(36)29(39)32-18-9-11-42-15-18/h3,6-7,13,16-19,22,25,33H,2,4-5,8-12,14-15H2,1H3,(H,31,37)(H,32,39)(H,34,38)/t16-,17-,18+,19-,22?,25-/m0/s1. The first-order valence-electron chi connectivity index (χ1n) is 14.8. The first kappa shape index (κ1) is 28.2. The number of amides is 4. The van der Waals surface area contributed by atoms with E-state index in [0.29, 0.717) is 50.6 Å². The maximum absolute atomic E-state index is 14.0. The van der Waals surface area contributed by atoms with Gasteiger partial charge in [-0.1, -0.05) is 12.5 Å². The quantitative estimate of drug-likeness (QED) is 0.321. The Morgan fingerprint density at radius 3 is 2.76 bits per heavy atom. The van der Waals surface area contributed by atoms with Crippen LogP contribution >= 0.6 is 0 Å². The summed E-state index contributed by atoms with van der Waals surface area (Å²) in [5, 5.41) is 9.04. The van der Waals surface area contributed by atoms with Crippen molar-refractivity contribution < 1.29 is 33.4 Å². The second-order valence-electron chi connectivity index (χ2n) is 11.8. The number of rotatable bonds is 9. The van der Waals surface area contributed by atoms with Crippen molar-refractivity contribution in [1.82, 2.24) is 25.8 Å². The summed E-state index contributed by atoms with van der Waals surface area (Å²) in [6, 6.07) is 4.99. The molecule has 1 saturated carbocycles. The molecule has 12 heteroatoms. The first-order chi connectivity index (χ1) is 20.3. The Kier molecular flexibility index (Phi) is 7.89. The van der Waals surface area contributed by atoms with E-state index in [2.05, 4.69) is 20.9 Å². The number of methoxy groups -OCH3 is 1. The smallest absolute Gasteiger partial charge is 0.289 e. The molecule has 4 N–H and O–H groups in total. The molecule has 1 aromatic carbocycles. The molecule has 4 amide bonds. The van der Waals surface area contributed by atoms with Crippen molar-refractivity contribution in [3.8, 4) is 5.75 Å². The number of carbonyl (C=O) groups excluding carboxylic acids is 5. The highest BCUT2D eigenvalue weighted by atomic mass is 16.5. The van der Waals surface area contributed by atoms with Crippen LogP contribution in [0.25, 0.3) is 10.9 Å². The van der Waals surface area contributed by atoms with Gasteiger partial charge in [-0.3, -0.25) is 24.0 Å². The number of nitrogens with zero attached hydrogens (tertiary/aromatic N) is 1. The predicted molar refractivity (Wildman–Crippen MR) is 151 cm³/mol. The topological polar surface area (TPSA) is 159 Å². The monoisotopic (exact) mass is 579 g/mol. The molecule has 0 bridgehead atoms. The number of nitrogens with one attached hydrogen (secondary N) is 4. The van der Waals surface area contributed by atoms with E-state index in [0.717, 1.165) is 30.2 Å². The van der Waals surface area contributed by atoms with E-state index < -0.39 is 35.6 Å². The highest BCUT2D eigenvalue weighted by Gasteiger charge is 2.50. The van der Waals surface area contributed by atoms with Gasteiger partial charge in [0.2, 0.25) is 17.6 Å². The van der Waals surface area contributed by atoms with Crippen LogP contribution < -0.4 is 20.7 Å². The van der Waals surface area contributed by atoms with Gasteiger partial charge >= 0.3 is 0 Å². The molecule has 4 fully saturated rings. The van der Waals surface area contributed by atoms with Crippen molar-refractivity contribution in [3.63, 3.8) is 0 Å². The highest BCUT2D eigenvalue weighted by molar-refractivity contribution is 6.38. The van der Waals surface area contributed by atoms with Crippen molar-refractivity contribution in [2.45, 2.75) is 56.7 Å². The van der Waals surface area contributed by atoms with E-state index in [1.165, 1.54) is 0 Å². The molecule has 3 saturated heterocycles. The van der Waals surface area contributed by atoms with Crippen molar-refractivity contribution in [1.29, 1.82) is 0 Å². The van der Waals surface area contributed by atoms with Crippen molar-refractivity contribution in [2.24, 2.45) is 17.8 Å². The van der Waals surface area contributed by atoms with Gasteiger partial charge in [0.05, 0.1) is 25.8 Å². The number of likely N-dealkylation sites (tertiary alicyclic amines) is 1. The second kappa shape index (κ2) is 11.7. The van der Waals surface area contributed by atoms with Crippen LogP contribution in [0, 0.1) is 17.8 Å². The van der Waals surface area contributed by atoms with E-state index in [9.17, 15) is 24.0 Å². The van der Waals surface area contributed by atoms with Crippen LogP contribution in [0.2, 0.25) is 0 Å². The zero-order chi connectivity index (χ0) is 29.4. The first-order valence-corrected chi connectivity index (χ1v) is 14.8. The van der Waals surface area contributed by atoms with Crippen molar-refractivity contribution in [3.05, 3.63) is 30.0 Å². The summed E-state index contributed by atoms with van der Waals surface area (Å²) < 4.78 is 10.7. The number of H-pyrrole nitrogens is 1. The molecule has 4 heterocycles. The van der Waals surface area contributed by atoms with Gasteiger partial charge < -0.3 is 35.3 Å². The number of aromatic nitrogens is 1. The van der Waals surface area contributed by atoms with Gasteiger partial charge in [0.25, 0.3) is 11.8 Å². The molecule has 1 aromatic heterocycles. The highest BCUT2D eigenvalue weighted by Crippen LogP contribution is 2.43. The molecular formula is C30H37N5O7. The Labute approximate surface area is 243 Å². The van der Waals surface area contributed by atoms with Crippen LogP contribution in [-0.4, -0.2) is 90.8 Å². The normalized spacial score (nSPS) is 27.5. The minimum absolute atomic E-state index is 0.0154. The molecule has 0 spiro atoms. The molecule has 2 aromatic rings. The Morgan fingerprint density at radius 1 is 1.17 bits per heavy atom. The molecule has 1 aliphatic carbocycles. The van der Waals surface area contributed by atoms with Gasteiger partial charge in [-0.2, -0.15) is 0 Å². The third kappa shape index (κ3) is 5.35. The van der Waals surface area contributed by atoms with E-state index in [-0.39, 0.29) is 36.1 Å². The Hall–Kier alpha value is -3.93. The number of aromatic amines is 1. The van der Waals surface area contributed by atoms with Crippen LogP contribution in [0.15, 0.2) is 24.3 Å². The number of carbonyl (C=O) groups is 5. The minimum Gasteiger partial charge on any atom is -0.496 e. The van der Waals surface area contributed by atoms with Crippen LogP contribution in [0.4, 0.5) is 0 Å². The zero-order valence-electron chi connectivity index (χ0n) is 23.6. The molecule has 4 aliphatic rings. The molecule has 0 radical (unpaired) electrons. The predicted octanol–water partition coefficient (Wildman–Crippen LogP) is 0.902. The second-order valence-corrected chi connectivity index (χ2v) is 11.8. The van der Waals surface area contributed by atoms with Crippen molar-refractivity contribution >= 4 is 40.3 Å². The van der Waals surface area contributed by atoms with Crippen LogP contribution in [0.1, 0.15) is 49.0 Å². The Balaban J connectivity index is 1.24. The molecule has 224 valence electrons. The summed E-state index contributed by atoms with van der Waals surface area (Å²) in [6.07, 6.45) is 3.79. The minimum atomic E-state index is -1.19. The van der Waals surface area contributed by atoms with Crippen LogP contribution in [0.5, 0.6) is 5.75 Å². The SMILES string of the molecule is COc1cccc2[nH]c(C(=O)N3C[C@@H]4CCC[C@@H]4[C@H]3C(=O)NC(C[C@@H]3CCNC3=O)C(=O)C(=O)N[C@@H]3CCOC3)cc12. The van der Waals surface area contributed by atoms with Gasteiger partial charge in [-0.05, 0) is 62.1 Å². The summed E-state index contributed by atoms with van der Waals surface area (Å²) in [7, 11) is 1.57. The lowest BCUT2D eigenvalue weighted by Crippen LogP contribution is -2.56. The average Bonchev–Trinajstić information content (AvgIpc) is 3.81. The van der Waals surface area contributed by atoms with Crippen molar-refractivity contribution in [2.75, 3.05) is 33.4 Å². The maximum atomic E-state index is 14.0. The van der Waals surface area contributed by atoms with Gasteiger partial charge in [-0.15, -0.1) is 0 Å². The number of ether oxygens (including phenoxy) is 2. The number of hydrogen-bond acceptors (Lipinski definition) is 7. The number of hydrogen-bond donors (Lipinski definition) is 4. The number of benzene rings is 1. The lowest BCUT2D eigenvalue weighted by Gasteiger charge is -2.29. The Morgan fingerprint density at radius 2 is 2.02 bits per heavy atom. The Bertz CT molecular complexity index is 1400. The molecule has 3 aliphatic heterocycles. The lowest BCUT2D eigenvalue weighted by molar-refractivity contribution is -0.141. The lowest BCUT2D eigenvalue weighted by atomic mass is 9.91. The fourth-order valence-corrected chi connectivity index (χ4v) is 7.13. The summed E-state index contributed by atoms with van der Waals surface area (Å²) in [5.74, 6) is -2.32. The van der Waals surface area contributed by atoms with Crippen LogP contribution in [-0.2, 0) is 23.9 Å². The fourth-order valence-electron chi connectivity index (χ4n) is 7.13. The van der Waals surface area contributed by atoms with E-state index in [4.69, 9.17) is 9.47 Å².